The third kappa shape index (κ3) is 9.28. The molecule has 1 saturated carbocycles. The second-order valence-corrected chi connectivity index (χ2v) is 19.0. The summed E-state index contributed by atoms with van der Waals surface area (Å²) >= 11 is 0. The summed E-state index contributed by atoms with van der Waals surface area (Å²) in [7, 11) is -4.59. The van der Waals surface area contributed by atoms with Gasteiger partial charge in [0.2, 0.25) is 0 Å². The number of hydrogen-bond acceptors (Lipinski definition) is 1. The van der Waals surface area contributed by atoms with E-state index >= 15 is 4.57 Å². The normalized spacial score (nSPS) is 24.8. The van der Waals surface area contributed by atoms with Gasteiger partial charge in [0, 0.05) is 0 Å². The minimum Gasteiger partial charge on any atom is -0.324 e. The lowest BCUT2D eigenvalue weighted by Gasteiger charge is -2.80. The molecular formula is C45H91O3P. The Labute approximate surface area is 309 Å². The summed E-state index contributed by atoms with van der Waals surface area (Å²) in [6.07, 6.45) is 32.5. The SMILES string of the molecule is CCCCC1C(CCCC)(CCCC)C(CCCC)(CCCC)C(CCCC)(CCCC)C(CCC)(CCCC)C1(CCCC)P(=O)(O)O. The summed E-state index contributed by atoms with van der Waals surface area (Å²) in [4.78, 5) is 25.3. The Bertz CT molecular complexity index is 870. The Morgan fingerprint density at radius 3 is 1.06 bits per heavy atom. The number of hydrogen-bond donors (Lipinski definition) is 2. The molecule has 1 aliphatic rings. The van der Waals surface area contributed by atoms with Crippen LogP contribution in [0.1, 0.15) is 255 Å². The van der Waals surface area contributed by atoms with Crippen LogP contribution in [0, 0.1) is 27.6 Å². The molecule has 0 radical (unpaired) electrons. The minimum absolute atomic E-state index is 0.0572. The van der Waals surface area contributed by atoms with E-state index in [1.54, 1.807) is 0 Å². The molecular weight excluding hydrogens is 619 g/mol. The standard InChI is InChI=1S/C45H91O3P/c1-11-21-30-40-41(32-22-12-2,33-23-13-3)42(34-24-14-4,35-25-15-5)43(36-26-16-6,37-27-17-7)44(31-20-10,38-28-18-8)45(40,39-29-19-9)49(46,47)48/h40H,11-39H2,1-10H3,(H2,46,47,48). The maximum Gasteiger partial charge on any atom is 0.332 e. The summed E-state index contributed by atoms with van der Waals surface area (Å²) in [5, 5.41) is -0.971. The predicted molar refractivity (Wildman–Crippen MR) is 219 cm³/mol. The van der Waals surface area contributed by atoms with Crippen LogP contribution in [-0.4, -0.2) is 14.9 Å². The Morgan fingerprint density at radius 2 is 0.714 bits per heavy atom. The molecule has 2 N–H and O–H groups in total. The van der Waals surface area contributed by atoms with Gasteiger partial charge in [-0.15, -0.1) is 0 Å². The van der Waals surface area contributed by atoms with E-state index in [9.17, 15) is 9.79 Å². The predicted octanol–water partition coefficient (Wildman–Crippen LogP) is 16.0. The van der Waals surface area contributed by atoms with Gasteiger partial charge in [-0.25, -0.2) is 0 Å². The van der Waals surface area contributed by atoms with Gasteiger partial charge < -0.3 is 9.79 Å². The maximum absolute atomic E-state index is 15.4. The molecule has 0 bridgehead atoms. The molecule has 1 aliphatic carbocycles. The van der Waals surface area contributed by atoms with Crippen molar-refractivity contribution in [3.05, 3.63) is 0 Å². The van der Waals surface area contributed by atoms with E-state index in [2.05, 4.69) is 69.2 Å². The van der Waals surface area contributed by atoms with E-state index in [-0.39, 0.29) is 27.6 Å². The first-order valence-electron chi connectivity index (χ1n) is 22.5. The molecule has 3 atom stereocenters. The molecule has 0 saturated heterocycles. The molecule has 0 spiro atoms. The molecule has 3 unspecified atom stereocenters. The van der Waals surface area contributed by atoms with Crippen LogP contribution in [0.25, 0.3) is 0 Å². The molecule has 0 aromatic rings. The zero-order valence-electron chi connectivity index (χ0n) is 35.3. The Hall–Kier alpha value is 0.150. The van der Waals surface area contributed by atoms with Crippen molar-refractivity contribution in [3.8, 4) is 0 Å². The highest BCUT2D eigenvalue weighted by Gasteiger charge is 2.82. The summed E-state index contributed by atoms with van der Waals surface area (Å²) in [6.45, 7) is 23.6. The Kier molecular flexibility index (Phi) is 22.2. The van der Waals surface area contributed by atoms with Gasteiger partial charge in [-0.3, -0.25) is 4.57 Å². The minimum atomic E-state index is -4.59. The van der Waals surface area contributed by atoms with E-state index in [0.717, 1.165) is 116 Å². The molecule has 3 nitrogen and oxygen atoms in total. The third-order valence-electron chi connectivity index (χ3n) is 14.6. The lowest BCUT2D eigenvalue weighted by atomic mass is 9.26. The van der Waals surface area contributed by atoms with Crippen LogP contribution in [0.3, 0.4) is 0 Å². The summed E-state index contributed by atoms with van der Waals surface area (Å²) in [5.74, 6) is 0.0685. The van der Waals surface area contributed by atoms with Crippen molar-refractivity contribution in [3.63, 3.8) is 0 Å². The smallest absolute Gasteiger partial charge is 0.324 e. The number of unbranched alkanes of at least 4 members (excludes halogenated alkanes) is 9. The zero-order chi connectivity index (χ0) is 37.1. The fourth-order valence-corrected chi connectivity index (χ4v) is 15.1. The van der Waals surface area contributed by atoms with Gasteiger partial charge in [0.15, 0.2) is 0 Å². The van der Waals surface area contributed by atoms with Crippen LogP contribution in [-0.2, 0) is 4.57 Å². The molecule has 1 fully saturated rings. The second kappa shape index (κ2) is 23.0. The first-order chi connectivity index (χ1) is 23.5. The number of rotatable bonds is 30. The van der Waals surface area contributed by atoms with Crippen LogP contribution in [0.2, 0.25) is 0 Å². The lowest BCUT2D eigenvalue weighted by Crippen LogP contribution is -2.77. The molecule has 49 heavy (non-hydrogen) atoms. The highest BCUT2D eigenvalue weighted by Crippen LogP contribution is 2.87. The van der Waals surface area contributed by atoms with E-state index in [1.165, 1.54) is 64.2 Å². The highest BCUT2D eigenvalue weighted by atomic mass is 31.2. The van der Waals surface area contributed by atoms with Gasteiger partial charge in [0.05, 0.1) is 5.16 Å². The Morgan fingerprint density at radius 1 is 0.388 bits per heavy atom. The van der Waals surface area contributed by atoms with Gasteiger partial charge in [-0.1, -0.05) is 191 Å². The molecule has 0 aromatic heterocycles. The third-order valence-corrected chi connectivity index (χ3v) is 16.6. The van der Waals surface area contributed by atoms with Gasteiger partial charge >= 0.3 is 7.60 Å². The van der Waals surface area contributed by atoms with E-state index in [1.807, 2.05) is 0 Å². The van der Waals surface area contributed by atoms with Crippen LogP contribution in [0.4, 0.5) is 0 Å². The maximum atomic E-state index is 15.4. The topological polar surface area (TPSA) is 57.5 Å². The highest BCUT2D eigenvalue weighted by molar-refractivity contribution is 7.53. The quantitative estimate of drug-likeness (QED) is 0.0730. The van der Waals surface area contributed by atoms with Crippen LogP contribution in [0.15, 0.2) is 0 Å². The van der Waals surface area contributed by atoms with Crippen LogP contribution in [0.5, 0.6) is 0 Å². The molecule has 294 valence electrons. The molecule has 0 aromatic carbocycles. The fourth-order valence-electron chi connectivity index (χ4n) is 12.9. The Balaban J connectivity index is 5.11. The molecule has 4 heteroatoms. The average Bonchev–Trinajstić information content (AvgIpc) is 3.08. The molecule has 0 amide bonds. The van der Waals surface area contributed by atoms with Gasteiger partial charge in [-0.05, 0) is 91.8 Å². The van der Waals surface area contributed by atoms with Gasteiger partial charge in [0.1, 0.15) is 0 Å². The monoisotopic (exact) mass is 711 g/mol. The van der Waals surface area contributed by atoms with Crippen LogP contribution < -0.4 is 0 Å². The van der Waals surface area contributed by atoms with Crippen molar-refractivity contribution >= 4 is 7.60 Å². The van der Waals surface area contributed by atoms with Crippen molar-refractivity contribution in [2.45, 2.75) is 261 Å². The second-order valence-electron chi connectivity index (χ2n) is 17.1. The lowest BCUT2D eigenvalue weighted by molar-refractivity contribution is -0.287. The summed E-state index contributed by atoms with van der Waals surface area (Å²) in [5.41, 5.74) is -0.420. The first-order valence-corrected chi connectivity index (χ1v) is 24.2. The van der Waals surface area contributed by atoms with E-state index in [4.69, 9.17) is 0 Å². The van der Waals surface area contributed by atoms with E-state index in [0.29, 0.717) is 6.42 Å². The van der Waals surface area contributed by atoms with Crippen molar-refractivity contribution in [2.24, 2.45) is 27.6 Å². The van der Waals surface area contributed by atoms with Gasteiger partial charge in [0.25, 0.3) is 0 Å². The van der Waals surface area contributed by atoms with Crippen molar-refractivity contribution in [1.82, 2.24) is 0 Å². The molecule has 1 rings (SSSR count). The average molecular weight is 711 g/mol. The molecule has 0 heterocycles. The largest absolute Gasteiger partial charge is 0.332 e. The first kappa shape index (κ1) is 47.2. The zero-order valence-corrected chi connectivity index (χ0v) is 36.2. The van der Waals surface area contributed by atoms with Crippen molar-refractivity contribution in [1.29, 1.82) is 0 Å². The van der Waals surface area contributed by atoms with Crippen LogP contribution >= 0.6 is 7.60 Å². The molecule has 0 aliphatic heterocycles. The summed E-state index contributed by atoms with van der Waals surface area (Å²) in [6, 6.07) is 0. The van der Waals surface area contributed by atoms with Gasteiger partial charge in [-0.2, -0.15) is 0 Å². The van der Waals surface area contributed by atoms with Crippen molar-refractivity contribution in [2.75, 3.05) is 0 Å². The summed E-state index contributed by atoms with van der Waals surface area (Å²) < 4.78 is 15.4. The fraction of sp³-hybridized carbons (Fsp3) is 1.00. The van der Waals surface area contributed by atoms with E-state index < -0.39 is 12.8 Å². The van der Waals surface area contributed by atoms with Crippen molar-refractivity contribution < 1.29 is 14.4 Å².